The van der Waals surface area contributed by atoms with E-state index in [1.165, 1.54) is 41.4 Å². The fourth-order valence-electron chi connectivity index (χ4n) is 2.25. The molecule has 0 N–H and O–H groups in total. The molecular weight excluding hydrogens is 349 g/mol. The van der Waals surface area contributed by atoms with Crippen LogP contribution < -0.4 is 4.74 Å². The Bertz CT molecular complexity index is 945. The molecule has 6 nitrogen and oxygen atoms in total. The van der Waals surface area contributed by atoms with Gasteiger partial charge in [-0.05, 0) is 35.9 Å². The SMILES string of the molecule is O=C=NCc1cccc(-c2ncn(-c3ccc(OC(F)(F)F)cc3)n2)c1. The molecular formula is C17H11F3N4O2. The summed E-state index contributed by atoms with van der Waals surface area (Å²) in [6.45, 7) is 0.207. The molecule has 3 rings (SSSR count). The lowest BCUT2D eigenvalue weighted by Gasteiger charge is -2.09. The second-order valence-corrected chi connectivity index (χ2v) is 5.16. The normalized spacial score (nSPS) is 11.0. The van der Waals surface area contributed by atoms with Gasteiger partial charge in [-0.25, -0.2) is 19.5 Å². The Labute approximate surface area is 145 Å². The Morgan fingerprint density at radius 3 is 2.62 bits per heavy atom. The molecule has 0 bridgehead atoms. The number of nitrogens with zero attached hydrogens (tertiary/aromatic N) is 4. The van der Waals surface area contributed by atoms with E-state index in [0.717, 1.165) is 11.1 Å². The van der Waals surface area contributed by atoms with Crippen molar-refractivity contribution in [2.45, 2.75) is 12.9 Å². The van der Waals surface area contributed by atoms with Crippen molar-refractivity contribution in [3.05, 3.63) is 60.4 Å². The number of halogens is 3. The summed E-state index contributed by atoms with van der Waals surface area (Å²) in [6, 6.07) is 12.5. The largest absolute Gasteiger partial charge is 0.573 e. The first kappa shape index (κ1) is 17.4. The second kappa shape index (κ2) is 7.20. The molecule has 26 heavy (non-hydrogen) atoms. The first-order valence-corrected chi connectivity index (χ1v) is 7.35. The number of hydrogen-bond acceptors (Lipinski definition) is 5. The minimum atomic E-state index is -4.74. The van der Waals surface area contributed by atoms with Crippen molar-refractivity contribution < 1.29 is 22.7 Å². The molecule has 0 saturated heterocycles. The Balaban J connectivity index is 1.80. The summed E-state index contributed by atoms with van der Waals surface area (Å²) in [7, 11) is 0. The van der Waals surface area contributed by atoms with Gasteiger partial charge in [0.2, 0.25) is 6.08 Å². The van der Waals surface area contributed by atoms with Crippen molar-refractivity contribution >= 4 is 6.08 Å². The average Bonchev–Trinajstić information content (AvgIpc) is 3.10. The number of rotatable bonds is 5. The average molecular weight is 360 g/mol. The summed E-state index contributed by atoms with van der Waals surface area (Å²) >= 11 is 0. The summed E-state index contributed by atoms with van der Waals surface area (Å²) in [4.78, 5) is 17.9. The van der Waals surface area contributed by atoms with Gasteiger partial charge in [0.1, 0.15) is 12.1 Å². The monoisotopic (exact) mass is 360 g/mol. The van der Waals surface area contributed by atoms with Gasteiger partial charge in [0.15, 0.2) is 5.82 Å². The summed E-state index contributed by atoms with van der Waals surface area (Å²) in [5.41, 5.74) is 2.05. The number of ether oxygens (including phenoxy) is 1. The van der Waals surface area contributed by atoms with Gasteiger partial charge >= 0.3 is 6.36 Å². The topological polar surface area (TPSA) is 69.4 Å². The number of aliphatic imine (C=N–C) groups is 1. The first-order valence-electron chi connectivity index (χ1n) is 7.35. The molecule has 2 aromatic carbocycles. The smallest absolute Gasteiger partial charge is 0.406 e. The molecule has 0 fully saturated rings. The number of hydrogen-bond donors (Lipinski definition) is 0. The van der Waals surface area contributed by atoms with E-state index in [1.54, 1.807) is 24.3 Å². The van der Waals surface area contributed by atoms with Crippen LogP contribution in [0, 0.1) is 0 Å². The van der Waals surface area contributed by atoms with E-state index in [0.29, 0.717) is 11.5 Å². The second-order valence-electron chi connectivity index (χ2n) is 5.16. The van der Waals surface area contributed by atoms with E-state index in [-0.39, 0.29) is 12.3 Å². The summed E-state index contributed by atoms with van der Waals surface area (Å²) in [6.07, 6.45) is -1.81. The van der Waals surface area contributed by atoms with Crippen LogP contribution in [-0.4, -0.2) is 27.2 Å². The fourth-order valence-corrected chi connectivity index (χ4v) is 2.25. The van der Waals surface area contributed by atoms with Crippen LogP contribution in [0.25, 0.3) is 17.1 Å². The van der Waals surface area contributed by atoms with Gasteiger partial charge < -0.3 is 4.74 Å². The zero-order chi connectivity index (χ0) is 18.6. The van der Waals surface area contributed by atoms with Gasteiger partial charge in [-0.3, -0.25) is 0 Å². The molecule has 0 aliphatic heterocycles. The van der Waals surface area contributed by atoms with Crippen LogP contribution in [0.2, 0.25) is 0 Å². The molecule has 1 aromatic heterocycles. The predicted molar refractivity (Wildman–Crippen MR) is 85.3 cm³/mol. The van der Waals surface area contributed by atoms with Crippen molar-refractivity contribution in [3.63, 3.8) is 0 Å². The molecule has 0 saturated carbocycles. The van der Waals surface area contributed by atoms with E-state index in [2.05, 4.69) is 19.8 Å². The van der Waals surface area contributed by atoms with Crippen LogP contribution in [0.1, 0.15) is 5.56 Å². The Morgan fingerprint density at radius 2 is 1.92 bits per heavy atom. The Kier molecular flexibility index (Phi) is 4.81. The number of aromatic nitrogens is 3. The lowest BCUT2D eigenvalue weighted by atomic mass is 10.1. The lowest BCUT2D eigenvalue weighted by molar-refractivity contribution is -0.274. The zero-order valence-electron chi connectivity index (χ0n) is 13.1. The van der Waals surface area contributed by atoms with Gasteiger partial charge in [-0.2, -0.15) is 0 Å². The van der Waals surface area contributed by atoms with Gasteiger partial charge in [-0.1, -0.05) is 18.2 Å². The van der Waals surface area contributed by atoms with Crippen molar-refractivity contribution in [3.8, 4) is 22.8 Å². The van der Waals surface area contributed by atoms with Crippen molar-refractivity contribution in [1.82, 2.24) is 14.8 Å². The molecule has 132 valence electrons. The minimum Gasteiger partial charge on any atom is -0.406 e. The Morgan fingerprint density at radius 1 is 1.15 bits per heavy atom. The van der Waals surface area contributed by atoms with Gasteiger partial charge in [0.25, 0.3) is 0 Å². The third-order valence-corrected chi connectivity index (χ3v) is 3.34. The highest BCUT2D eigenvalue weighted by atomic mass is 19.4. The van der Waals surface area contributed by atoms with Crippen LogP contribution in [0.5, 0.6) is 5.75 Å². The van der Waals surface area contributed by atoms with Gasteiger partial charge in [-0.15, -0.1) is 18.3 Å². The standard InChI is InChI=1S/C17H11F3N4O2/c18-17(19,20)26-15-6-4-14(5-7-15)24-10-22-16(23-24)13-3-1-2-12(8-13)9-21-11-25/h1-8,10H,9H2. The van der Waals surface area contributed by atoms with E-state index < -0.39 is 6.36 Å². The fraction of sp³-hybridized carbons (Fsp3) is 0.118. The summed E-state index contributed by atoms with van der Waals surface area (Å²) in [5.74, 6) is 0.113. The van der Waals surface area contributed by atoms with E-state index in [9.17, 15) is 18.0 Å². The molecule has 3 aromatic rings. The molecule has 0 aliphatic carbocycles. The van der Waals surface area contributed by atoms with Crippen LogP contribution in [0.4, 0.5) is 13.2 Å². The van der Waals surface area contributed by atoms with Gasteiger partial charge in [0, 0.05) is 5.56 Å². The molecule has 0 aliphatic rings. The summed E-state index contributed by atoms with van der Waals surface area (Å²) in [5, 5.41) is 4.31. The summed E-state index contributed by atoms with van der Waals surface area (Å²) < 4.78 is 41.8. The molecule has 0 amide bonds. The van der Waals surface area contributed by atoms with E-state index >= 15 is 0 Å². The van der Waals surface area contributed by atoms with Crippen LogP contribution in [0.3, 0.4) is 0 Å². The van der Waals surface area contributed by atoms with Crippen LogP contribution in [-0.2, 0) is 11.3 Å². The highest BCUT2D eigenvalue weighted by molar-refractivity contribution is 5.56. The van der Waals surface area contributed by atoms with Crippen molar-refractivity contribution in [1.29, 1.82) is 0 Å². The highest BCUT2D eigenvalue weighted by Crippen LogP contribution is 2.24. The molecule has 1 heterocycles. The van der Waals surface area contributed by atoms with Crippen molar-refractivity contribution in [2.24, 2.45) is 4.99 Å². The first-order chi connectivity index (χ1) is 12.4. The lowest BCUT2D eigenvalue weighted by Crippen LogP contribution is -2.17. The molecule has 0 unspecified atom stereocenters. The van der Waals surface area contributed by atoms with Crippen LogP contribution in [0.15, 0.2) is 59.9 Å². The van der Waals surface area contributed by atoms with E-state index in [4.69, 9.17) is 0 Å². The maximum absolute atomic E-state index is 12.2. The maximum Gasteiger partial charge on any atom is 0.573 e. The molecule has 0 spiro atoms. The number of isocyanates is 1. The minimum absolute atomic E-state index is 0.207. The number of benzene rings is 2. The Hall–Kier alpha value is -3.45. The van der Waals surface area contributed by atoms with Gasteiger partial charge in [0.05, 0.1) is 12.2 Å². The molecule has 0 radical (unpaired) electrons. The van der Waals surface area contributed by atoms with Crippen LogP contribution >= 0.6 is 0 Å². The highest BCUT2D eigenvalue weighted by Gasteiger charge is 2.30. The van der Waals surface area contributed by atoms with E-state index in [1.807, 2.05) is 0 Å². The molecule has 9 heteroatoms. The zero-order valence-corrected chi connectivity index (χ0v) is 13.1. The number of carbonyl (C=O) groups excluding carboxylic acids is 1. The third-order valence-electron chi connectivity index (χ3n) is 3.34. The van der Waals surface area contributed by atoms with Crippen molar-refractivity contribution in [2.75, 3.05) is 0 Å². The molecule has 0 atom stereocenters. The maximum atomic E-state index is 12.2. The number of alkyl halides is 3. The third kappa shape index (κ3) is 4.34. The predicted octanol–water partition coefficient (Wildman–Crippen LogP) is 3.67. The quantitative estimate of drug-likeness (QED) is 0.514.